The number of fused-ring (bicyclic) bond motifs is 1. The highest BCUT2D eigenvalue weighted by Gasteiger charge is 2.55. The number of aliphatic hydroxyl groups is 2. The van der Waals surface area contributed by atoms with Crippen molar-refractivity contribution in [2.24, 2.45) is 17.8 Å². The molecule has 2 heterocycles. The van der Waals surface area contributed by atoms with Crippen LogP contribution >= 0.6 is 0 Å². The molecule has 0 spiro atoms. The molecule has 5 rings (SSSR count). The molecule has 0 saturated carbocycles. The number of rotatable bonds is 10. The van der Waals surface area contributed by atoms with Crippen molar-refractivity contribution in [2.75, 3.05) is 11.5 Å². The fourth-order valence-corrected chi connectivity index (χ4v) is 6.39. The normalized spacial score (nSPS) is 21.2. The van der Waals surface area contributed by atoms with E-state index < -0.39 is 47.2 Å². The highest BCUT2D eigenvalue weighted by molar-refractivity contribution is 6.22. The molecule has 3 aromatic rings. The first-order chi connectivity index (χ1) is 20.7. The number of aromatic nitrogens is 1. The van der Waals surface area contributed by atoms with Crippen molar-refractivity contribution in [1.29, 1.82) is 0 Å². The van der Waals surface area contributed by atoms with Gasteiger partial charge in [-0.05, 0) is 78.8 Å². The summed E-state index contributed by atoms with van der Waals surface area (Å²) in [6, 6.07) is 17.8. The van der Waals surface area contributed by atoms with Crippen LogP contribution < -0.4 is 4.90 Å². The standard InChI is InChI=1S/C33H33N3O7/c1-2-21-17-26-31(33(41)35(32(26)40)23-8-6-9-24(18-23)36(42)43)27(19-37)30(21)29(39)13-12-22(28-11-3-4-14-34-28)15-20-7-5-10-25(38)16-20/h3-11,14-16,18,26-27,29,31,37-39H,2,12-13,17,19H2,1H3/b22-15-/t26-,27+,29-,31-/m1/s1. The smallest absolute Gasteiger partial charge is 0.271 e. The van der Waals surface area contributed by atoms with Gasteiger partial charge in [-0.25, -0.2) is 4.90 Å². The molecule has 3 N–H and O–H groups in total. The van der Waals surface area contributed by atoms with Crippen molar-refractivity contribution in [3.63, 3.8) is 0 Å². The lowest BCUT2D eigenvalue weighted by atomic mass is 9.67. The van der Waals surface area contributed by atoms with E-state index in [1.54, 1.807) is 24.4 Å². The predicted molar refractivity (Wildman–Crippen MR) is 161 cm³/mol. The van der Waals surface area contributed by atoms with E-state index in [1.807, 2.05) is 37.3 Å². The van der Waals surface area contributed by atoms with Crippen molar-refractivity contribution in [3.8, 4) is 5.75 Å². The molecular formula is C33H33N3O7. The topological polar surface area (TPSA) is 154 Å². The number of nitro groups is 1. The number of aromatic hydroxyl groups is 1. The second-order valence-electron chi connectivity index (χ2n) is 10.9. The maximum Gasteiger partial charge on any atom is 0.271 e. The van der Waals surface area contributed by atoms with Crippen molar-refractivity contribution < 1.29 is 29.8 Å². The third-order valence-electron chi connectivity index (χ3n) is 8.36. The Balaban J connectivity index is 1.43. The monoisotopic (exact) mass is 583 g/mol. The summed E-state index contributed by atoms with van der Waals surface area (Å²) in [7, 11) is 0. The quantitative estimate of drug-likeness (QED) is 0.132. The number of phenols is 1. The molecule has 1 aromatic heterocycles. The van der Waals surface area contributed by atoms with Crippen LogP contribution in [0.2, 0.25) is 0 Å². The lowest BCUT2D eigenvalue weighted by molar-refractivity contribution is -0.384. The van der Waals surface area contributed by atoms with Crippen LogP contribution in [0, 0.1) is 27.9 Å². The highest BCUT2D eigenvalue weighted by Crippen LogP contribution is 2.48. The molecular weight excluding hydrogens is 550 g/mol. The van der Waals surface area contributed by atoms with Gasteiger partial charge in [-0.15, -0.1) is 0 Å². The summed E-state index contributed by atoms with van der Waals surface area (Å²) >= 11 is 0. The summed E-state index contributed by atoms with van der Waals surface area (Å²) in [4.78, 5) is 43.5. The molecule has 1 saturated heterocycles. The van der Waals surface area contributed by atoms with E-state index in [4.69, 9.17) is 0 Å². The summed E-state index contributed by atoms with van der Waals surface area (Å²) in [5.74, 6) is -3.27. The van der Waals surface area contributed by atoms with Crippen molar-refractivity contribution in [1.82, 2.24) is 4.98 Å². The van der Waals surface area contributed by atoms with E-state index >= 15 is 0 Å². The maximum absolute atomic E-state index is 13.7. The molecule has 0 radical (unpaired) electrons. The average molecular weight is 584 g/mol. The Hall–Kier alpha value is -4.67. The largest absolute Gasteiger partial charge is 0.508 e. The summed E-state index contributed by atoms with van der Waals surface area (Å²) in [6.45, 7) is 1.47. The Labute approximate surface area is 248 Å². The number of benzene rings is 2. The van der Waals surface area contributed by atoms with Crippen molar-refractivity contribution in [3.05, 3.63) is 105 Å². The van der Waals surface area contributed by atoms with Crippen LogP contribution in [-0.4, -0.2) is 49.8 Å². The number of nitrogens with zero attached hydrogens (tertiary/aromatic N) is 3. The number of nitro benzene ring substituents is 1. The van der Waals surface area contributed by atoms with E-state index in [0.717, 1.165) is 21.6 Å². The number of imide groups is 1. The number of hydrogen-bond donors (Lipinski definition) is 3. The molecule has 0 unspecified atom stereocenters. The van der Waals surface area contributed by atoms with E-state index in [0.29, 0.717) is 24.1 Å². The van der Waals surface area contributed by atoms with E-state index in [1.165, 1.54) is 24.3 Å². The minimum Gasteiger partial charge on any atom is -0.508 e. The summed E-state index contributed by atoms with van der Waals surface area (Å²) in [6.07, 6.45) is 4.04. The van der Waals surface area contributed by atoms with Gasteiger partial charge < -0.3 is 15.3 Å². The first kappa shape index (κ1) is 29.8. The average Bonchev–Trinajstić information content (AvgIpc) is 3.27. The molecule has 10 heteroatoms. The van der Waals surface area contributed by atoms with Gasteiger partial charge in [0, 0.05) is 24.2 Å². The molecule has 2 amide bonds. The number of allylic oxidation sites excluding steroid dienone is 2. The molecule has 222 valence electrons. The van der Waals surface area contributed by atoms with E-state index in [-0.39, 0.29) is 30.0 Å². The van der Waals surface area contributed by atoms with Gasteiger partial charge in [0.15, 0.2) is 0 Å². The Morgan fingerprint density at radius 3 is 2.58 bits per heavy atom. The third-order valence-corrected chi connectivity index (χ3v) is 8.36. The van der Waals surface area contributed by atoms with Gasteiger partial charge in [0.2, 0.25) is 11.8 Å². The lowest BCUT2D eigenvalue weighted by Crippen LogP contribution is -2.39. The number of aliphatic hydroxyl groups excluding tert-OH is 2. The minimum absolute atomic E-state index is 0.118. The van der Waals surface area contributed by atoms with Gasteiger partial charge >= 0.3 is 0 Å². The summed E-state index contributed by atoms with van der Waals surface area (Å²) in [5.41, 5.74) is 3.60. The van der Waals surface area contributed by atoms with Gasteiger partial charge in [-0.3, -0.25) is 24.7 Å². The summed E-state index contributed by atoms with van der Waals surface area (Å²) in [5, 5.41) is 43.4. The molecule has 4 atom stereocenters. The fourth-order valence-electron chi connectivity index (χ4n) is 6.39. The van der Waals surface area contributed by atoms with Crippen LogP contribution in [0.15, 0.2) is 84.1 Å². The van der Waals surface area contributed by atoms with Gasteiger partial charge in [0.1, 0.15) is 5.75 Å². The number of carbonyl (C=O) groups is 2. The molecule has 2 aromatic carbocycles. The first-order valence-corrected chi connectivity index (χ1v) is 14.3. The molecule has 1 fully saturated rings. The zero-order valence-electron chi connectivity index (χ0n) is 23.7. The SMILES string of the molecule is CCC1=C([C@H](O)CC/C(=C/c2cccc(O)c2)c2ccccn2)[C@H](CO)[C@@H]2C(=O)N(c3cccc([N+](=O)[O-])c3)C(=O)[C@@H]2C1. The predicted octanol–water partition coefficient (Wildman–Crippen LogP) is 4.90. The van der Waals surface area contributed by atoms with E-state index in [2.05, 4.69) is 4.98 Å². The Morgan fingerprint density at radius 2 is 1.91 bits per heavy atom. The second kappa shape index (κ2) is 12.7. The van der Waals surface area contributed by atoms with Crippen molar-refractivity contribution >= 4 is 34.8 Å². The number of carbonyl (C=O) groups excluding carboxylic acids is 2. The van der Waals surface area contributed by atoms with Crippen LogP contribution in [0.4, 0.5) is 11.4 Å². The van der Waals surface area contributed by atoms with Gasteiger partial charge in [-0.1, -0.05) is 36.8 Å². The Kier molecular flexibility index (Phi) is 8.79. The molecule has 1 aliphatic heterocycles. The number of amides is 2. The molecule has 43 heavy (non-hydrogen) atoms. The van der Waals surface area contributed by atoms with Gasteiger partial charge in [0.25, 0.3) is 5.69 Å². The van der Waals surface area contributed by atoms with Gasteiger partial charge in [0.05, 0.1) is 40.9 Å². The lowest BCUT2D eigenvalue weighted by Gasteiger charge is -2.36. The summed E-state index contributed by atoms with van der Waals surface area (Å²) < 4.78 is 0. The Bertz CT molecular complexity index is 1600. The van der Waals surface area contributed by atoms with Crippen LogP contribution in [0.1, 0.15) is 43.9 Å². The number of anilines is 1. The molecule has 2 aliphatic rings. The molecule has 1 aliphatic carbocycles. The fraction of sp³-hybridized carbons (Fsp3) is 0.303. The third kappa shape index (κ3) is 5.97. The number of non-ortho nitro benzene ring substituents is 1. The van der Waals surface area contributed by atoms with Crippen LogP contribution in [0.3, 0.4) is 0 Å². The van der Waals surface area contributed by atoms with Gasteiger partial charge in [-0.2, -0.15) is 0 Å². The second-order valence-corrected chi connectivity index (χ2v) is 10.9. The maximum atomic E-state index is 13.7. The van der Waals surface area contributed by atoms with E-state index in [9.17, 15) is 35.0 Å². The zero-order valence-corrected chi connectivity index (χ0v) is 23.7. The highest BCUT2D eigenvalue weighted by atomic mass is 16.6. The molecule has 0 bridgehead atoms. The van der Waals surface area contributed by atoms with Crippen LogP contribution in [0.25, 0.3) is 11.6 Å². The number of phenolic OH excluding ortho intramolecular Hbond substituents is 1. The van der Waals surface area contributed by atoms with Crippen molar-refractivity contribution in [2.45, 2.75) is 38.7 Å². The number of pyridine rings is 1. The zero-order chi connectivity index (χ0) is 30.7. The van der Waals surface area contributed by atoms with Crippen LogP contribution in [0.5, 0.6) is 5.75 Å². The van der Waals surface area contributed by atoms with Crippen LogP contribution in [-0.2, 0) is 9.59 Å². The molecule has 10 nitrogen and oxygen atoms in total. The number of hydrogen-bond acceptors (Lipinski definition) is 8. The minimum atomic E-state index is -1.00. The Morgan fingerprint density at radius 1 is 1.12 bits per heavy atom. The first-order valence-electron chi connectivity index (χ1n) is 14.3.